The summed E-state index contributed by atoms with van der Waals surface area (Å²) in [5.74, 6) is -0.702. The van der Waals surface area contributed by atoms with Crippen molar-refractivity contribution in [1.82, 2.24) is 9.55 Å². The van der Waals surface area contributed by atoms with Gasteiger partial charge in [0.2, 0.25) is 0 Å². The van der Waals surface area contributed by atoms with Gasteiger partial charge < -0.3 is 9.67 Å². The zero-order valence-electron chi connectivity index (χ0n) is 17.6. The lowest BCUT2D eigenvalue weighted by Gasteiger charge is -2.36. The van der Waals surface area contributed by atoms with Gasteiger partial charge in [0.15, 0.2) is 5.78 Å². The molecule has 0 saturated heterocycles. The van der Waals surface area contributed by atoms with Crippen molar-refractivity contribution in [1.29, 1.82) is 5.26 Å². The molecule has 2 heterocycles. The zero-order chi connectivity index (χ0) is 23.3. The van der Waals surface area contributed by atoms with E-state index in [4.69, 9.17) is 28.5 Å². The van der Waals surface area contributed by atoms with Gasteiger partial charge in [0.25, 0.3) is 0 Å². The van der Waals surface area contributed by atoms with Crippen molar-refractivity contribution in [2.75, 3.05) is 0 Å². The van der Waals surface area contributed by atoms with Crippen molar-refractivity contribution >= 4 is 29.0 Å². The third kappa shape index (κ3) is 3.65. The van der Waals surface area contributed by atoms with Crippen molar-refractivity contribution in [2.24, 2.45) is 0 Å². The van der Waals surface area contributed by atoms with Gasteiger partial charge in [-0.2, -0.15) is 5.26 Å². The summed E-state index contributed by atoms with van der Waals surface area (Å²) in [6, 6.07) is 10.1. The smallest absolute Gasteiger partial charge is 0.166 e. The predicted octanol–water partition coefficient (Wildman–Crippen LogP) is 5.82. The Labute approximate surface area is 200 Å². The third-order valence-corrected chi connectivity index (χ3v) is 7.64. The Morgan fingerprint density at radius 3 is 2.70 bits per heavy atom. The summed E-state index contributed by atoms with van der Waals surface area (Å²) >= 11 is 12.2. The number of hydrogen-bond acceptors (Lipinski definition) is 4. The van der Waals surface area contributed by atoms with Gasteiger partial charge in [-0.05, 0) is 55.4 Å². The maximum absolute atomic E-state index is 14.9. The third-order valence-electron chi connectivity index (χ3n) is 7.04. The molecule has 5 nitrogen and oxygen atoms in total. The fourth-order valence-corrected chi connectivity index (χ4v) is 5.56. The van der Waals surface area contributed by atoms with Crippen LogP contribution in [0.3, 0.4) is 0 Å². The molecule has 168 valence electrons. The van der Waals surface area contributed by atoms with Crippen LogP contribution in [0.4, 0.5) is 4.39 Å². The molecule has 1 unspecified atom stereocenters. The first-order valence-corrected chi connectivity index (χ1v) is 11.5. The van der Waals surface area contributed by atoms with Crippen LogP contribution in [-0.4, -0.2) is 26.0 Å². The molecule has 8 heteroatoms. The first-order valence-electron chi connectivity index (χ1n) is 10.8. The van der Waals surface area contributed by atoms with Gasteiger partial charge in [0, 0.05) is 17.5 Å². The van der Waals surface area contributed by atoms with Gasteiger partial charge in [-0.15, -0.1) is 0 Å². The number of nitriles is 1. The first kappa shape index (κ1) is 22.1. The van der Waals surface area contributed by atoms with E-state index in [0.717, 1.165) is 11.3 Å². The number of carbonyl (C=O) groups excluding carboxylic acids is 1. The minimum Gasteiger partial charge on any atom is -0.382 e. The molecule has 0 bridgehead atoms. The lowest BCUT2D eigenvalue weighted by atomic mass is 9.73. The molecule has 33 heavy (non-hydrogen) atoms. The molecule has 0 amide bonds. The van der Waals surface area contributed by atoms with E-state index < -0.39 is 17.5 Å². The first-order chi connectivity index (χ1) is 15.8. The Morgan fingerprint density at radius 2 is 2.00 bits per heavy atom. The molecule has 2 aromatic carbocycles. The molecule has 2 aliphatic rings. The second-order valence-electron chi connectivity index (χ2n) is 8.81. The van der Waals surface area contributed by atoms with Crippen LogP contribution in [0.2, 0.25) is 10.0 Å². The summed E-state index contributed by atoms with van der Waals surface area (Å²) in [7, 11) is 0. The van der Waals surface area contributed by atoms with Gasteiger partial charge in [-0.25, -0.2) is 9.37 Å². The molecule has 0 spiro atoms. The lowest BCUT2D eigenvalue weighted by molar-refractivity contribution is -0.141. The summed E-state index contributed by atoms with van der Waals surface area (Å²) in [6.07, 6.45) is 5.02. The van der Waals surface area contributed by atoms with Crippen LogP contribution in [0, 0.1) is 17.1 Å². The number of imidazole rings is 1. The Balaban J connectivity index is 1.34. The highest BCUT2D eigenvalue weighted by Crippen LogP contribution is 2.46. The second kappa shape index (κ2) is 8.25. The van der Waals surface area contributed by atoms with Gasteiger partial charge >= 0.3 is 0 Å². The molecule has 1 aliphatic heterocycles. The van der Waals surface area contributed by atoms with Crippen LogP contribution in [0.25, 0.3) is 11.3 Å². The summed E-state index contributed by atoms with van der Waals surface area (Å²) in [5.41, 5.74) is 1.72. The van der Waals surface area contributed by atoms with Crippen LogP contribution in [0.1, 0.15) is 60.8 Å². The van der Waals surface area contributed by atoms with E-state index in [1.165, 1.54) is 6.07 Å². The fraction of sp³-hybridized carbons (Fsp3) is 0.320. The summed E-state index contributed by atoms with van der Waals surface area (Å²) in [6.45, 7) is 0. The van der Waals surface area contributed by atoms with E-state index >= 15 is 0 Å². The summed E-state index contributed by atoms with van der Waals surface area (Å²) in [5, 5.41) is 20.7. The number of ketones is 1. The molecular weight excluding hydrogens is 464 g/mol. The Kier molecular flexibility index (Phi) is 5.52. The van der Waals surface area contributed by atoms with Crippen molar-refractivity contribution in [2.45, 2.75) is 49.7 Å². The number of Topliss-reactive ketones (excluding diaryl/α,β-unsaturated/α-hetero) is 1. The molecule has 1 atom stereocenters. The monoisotopic (exact) mass is 483 g/mol. The average molecular weight is 484 g/mol. The largest absolute Gasteiger partial charge is 0.382 e. The molecule has 1 aromatic heterocycles. The van der Waals surface area contributed by atoms with Crippen LogP contribution >= 0.6 is 23.2 Å². The zero-order valence-corrected chi connectivity index (χ0v) is 19.1. The molecule has 5 rings (SSSR count). The standard InChI is InChI=1S/C25H20Cl2FN3O2/c26-18-4-3-17-21-12-30-13-31(21)20(23(17)24(18)28)10-22(32)25(33)7-5-14(6-8-25)15-1-2-16(11-29)19(27)9-15/h1-4,9,12-14,20,33H,5-8,10H2. The van der Waals surface area contributed by atoms with Crippen molar-refractivity contribution in [3.63, 3.8) is 0 Å². The highest BCUT2D eigenvalue weighted by Gasteiger charge is 2.43. The SMILES string of the molecule is N#Cc1ccc(C2CCC(O)(C(=O)CC3c4c(ccc(Cl)c4F)-c4cncn43)CC2)cc1Cl. The second-order valence-corrected chi connectivity index (χ2v) is 9.62. The molecule has 0 radical (unpaired) electrons. The van der Waals surface area contributed by atoms with E-state index in [1.54, 1.807) is 35.3 Å². The van der Waals surface area contributed by atoms with E-state index in [9.17, 15) is 14.3 Å². The van der Waals surface area contributed by atoms with Crippen LogP contribution in [0.15, 0.2) is 42.9 Å². The Bertz CT molecular complexity index is 1310. The normalized spacial score (nSPS) is 23.6. The van der Waals surface area contributed by atoms with Gasteiger partial charge in [0.1, 0.15) is 17.5 Å². The molecule has 1 fully saturated rings. The van der Waals surface area contributed by atoms with Gasteiger partial charge in [-0.1, -0.05) is 35.3 Å². The number of fused-ring (bicyclic) bond motifs is 3. The topological polar surface area (TPSA) is 78.9 Å². The predicted molar refractivity (Wildman–Crippen MR) is 123 cm³/mol. The van der Waals surface area contributed by atoms with E-state index in [1.807, 2.05) is 12.1 Å². The Morgan fingerprint density at radius 1 is 1.24 bits per heavy atom. The Hall–Kier alpha value is -2.72. The molecular formula is C25H20Cl2FN3O2. The number of benzene rings is 2. The van der Waals surface area contributed by atoms with E-state index in [2.05, 4.69) is 4.98 Å². The molecule has 1 N–H and O–H groups in total. The van der Waals surface area contributed by atoms with Crippen LogP contribution < -0.4 is 0 Å². The number of hydrogen-bond donors (Lipinski definition) is 1. The maximum atomic E-state index is 14.9. The molecule has 1 saturated carbocycles. The van der Waals surface area contributed by atoms with Gasteiger partial charge in [0.05, 0.1) is 39.9 Å². The number of aromatic nitrogens is 2. The lowest BCUT2D eigenvalue weighted by Crippen LogP contribution is -2.42. The number of carbonyl (C=O) groups is 1. The number of rotatable bonds is 4. The minimum absolute atomic E-state index is 0.00482. The van der Waals surface area contributed by atoms with E-state index in [0.29, 0.717) is 47.4 Å². The van der Waals surface area contributed by atoms with Crippen molar-refractivity contribution in [3.05, 3.63) is 75.4 Å². The molecule has 3 aromatic rings. The highest BCUT2D eigenvalue weighted by molar-refractivity contribution is 6.31. The van der Waals surface area contributed by atoms with Crippen molar-refractivity contribution < 1.29 is 14.3 Å². The maximum Gasteiger partial charge on any atom is 0.166 e. The average Bonchev–Trinajstić information content (AvgIpc) is 3.39. The minimum atomic E-state index is -1.47. The van der Waals surface area contributed by atoms with Crippen LogP contribution in [0.5, 0.6) is 0 Å². The van der Waals surface area contributed by atoms with Crippen molar-refractivity contribution in [3.8, 4) is 17.3 Å². The fourth-order valence-electron chi connectivity index (χ4n) is 5.17. The van der Waals surface area contributed by atoms with Crippen LogP contribution in [-0.2, 0) is 4.79 Å². The number of nitrogens with zero attached hydrogens (tertiary/aromatic N) is 3. The number of halogens is 3. The number of aliphatic hydroxyl groups is 1. The van der Waals surface area contributed by atoms with Gasteiger partial charge in [-0.3, -0.25) is 4.79 Å². The summed E-state index contributed by atoms with van der Waals surface area (Å²) < 4.78 is 16.7. The molecule has 1 aliphatic carbocycles. The van der Waals surface area contributed by atoms with E-state index in [-0.39, 0.29) is 23.1 Å². The quantitative estimate of drug-likeness (QED) is 0.506. The summed E-state index contributed by atoms with van der Waals surface area (Å²) in [4.78, 5) is 17.4. The highest BCUT2D eigenvalue weighted by atomic mass is 35.5.